The van der Waals surface area contributed by atoms with E-state index in [0.29, 0.717) is 26.2 Å². The normalized spacial score (nSPS) is 14.7. The number of rotatable bonds is 5. The van der Waals surface area contributed by atoms with Gasteiger partial charge in [0.2, 0.25) is 11.7 Å². The molecule has 1 aliphatic rings. The first kappa shape index (κ1) is 17.9. The lowest BCUT2D eigenvalue weighted by Crippen LogP contribution is -2.51. The van der Waals surface area contributed by atoms with E-state index >= 15 is 0 Å². The van der Waals surface area contributed by atoms with E-state index in [1.54, 1.807) is 24.8 Å². The lowest BCUT2D eigenvalue weighted by atomic mass is 10.1. The largest absolute Gasteiger partial charge is 0.368 e. The minimum Gasteiger partial charge on any atom is -0.368 e. The number of piperazine rings is 1. The molecule has 0 bridgehead atoms. The van der Waals surface area contributed by atoms with Gasteiger partial charge in [-0.15, -0.1) is 0 Å². The van der Waals surface area contributed by atoms with E-state index in [-0.39, 0.29) is 18.3 Å². The highest BCUT2D eigenvalue weighted by atomic mass is 19.1. The van der Waals surface area contributed by atoms with E-state index in [1.165, 1.54) is 12.1 Å². The van der Waals surface area contributed by atoms with Gasteiger partial charge in [-0.2, -0.15) is 0 Å². The third-order valence-corrected chi connectivity index (χ3v) is 3.95. The molecule has 0 atom stereocenters. The van der Waals surface area contributed by atoms with E-state index in [9.17, 15) is 18.8 Å². The maximum Gasteiger partial charge on any atom is 0.288 e. The average molecular weight is 335 g/mol. The Bertz CT molecular complexity index is 625. The van der Waals surface area contributed by atoms with Gasteiger partial charge in [0.1, 0.15) is 5.82 Å². The quantitative estimate of drug-likeness (QED) is 0.809. The van der Waals surface area contributed by atoms with Gasteiger partial charge in [0, 0.05) is 37.8 Å². The van der Waals surface area contributed by atoms with Crippen LogP contribution in [0.5, 0.6) is 0 Å². The van der Waals surface area contributed by atoms with Crippen molar-refractivity contribution in [2.75, 3.05) is 37.6 Å². The van der Waals surface area contributed by atoms with Crippen molar-refractivity contribution in [3.05, 3.63) is 30.1 Å². The van der Waals surface area contributed by atoms with Gasteiger partial charge in [-0.25, -0.2) is 4.39 Å². The number of nitrogens with zero attached hydrogens (tertiary/aromatic N) is 2. The molecule has 2 amide bonds. The predicted octanol–water partition coefficient (Wildman–Crippen LogP) is 0.816. The third-order valence-electron chi connectivity index (χ3n) is 3.95. The van der Waals surface area contributed by atoms with Crippen molar-refractivity contribution in [1.82, 2.24) is 10.2 Å². The summed E-state index contributed by atoms with van der Waals surface area (Å²) in [6.45, 7) is 5.25. The van der Waals surface area contributed by atoms with Crippen LogP contribution in [0.15, 0.2) is 24.3 Å². The highest BCUT2D eigenvalue weighted by Gasteiger charge is 2.23. The summed E-state index contributed by atoms with van der Waals surface area (Å²) in [5.74, 6) is -2.16. The second-order valence-corrected chi connectivity index (χ2v) is 6.05. The van der Waals surface area contributed by atoms with E-state index in [1.807, 2.05) is 11.0 Å². The van der Waals surface area contributed by atoms with Crippen molar-refractivity contribution >= 4 is 23.3 Å². The Morgan fingerprint density at radius 3 is 2.42 bits per heavy atom. The second kappa shape index (κ2) is 7.90. The molecule has 7 heteroatoms. The molecule has 1 heterocycles. The lowest BCUT2D eigenvalue weighted by Gasteiger charge is -2.36. The van der Waals surface area contributed by atoms with E-state index in [0.717, 1.165) is 5.69 Å². The monoisotopic (exact) mass is 335 g/mol. The Labute approximate surface area is 140 Å². The maximum atomic E-state index is 13.3. The molecule has 0 aromatic heterocycles. The van der Waals surface area contributed by atoms with Crippen LogP contribution in [0.25, 0.3) is 0 Å². The first-order chi connectivity index (χ1) is 11.4. The number of amides is 2. The van der Waals surface area contributed by atoms with Crippen LogP contribution in [-0.4, -0.2) is 55.2 Å². The van der Waals surface area contributed by atoms with E-state index < -0.39 is 17.6 Å². The van der Waals surface area contributed by atoms with Crippen molar-refractivity contribution < 1.29 is 18.8 Å². The summed E-state index contributed by atoms with van der Waals surface area (Å²) < 4.78 is 13.3. The number of anilines is 1. The number of Topliss-reactive ketones (excluding diaryl/α,β-unsaturated/α-hetero) is 1. The predicted molar refractivity (Wildman–Crippen MR) is 88.0 cm³/mol. The average Bonchev–Trinajstić information content (AvgIpc) is 2.58. The van der Waals surface area contributed by atoms with Crippen molar-refractivity contribution in [2.45, 2.75) is 13.8 Å². The lowest BCUT2D eigenvalue weighted by molar-refractivity contribution is -0.141. The molecule has 0 aliphatic carbocycles. The summed E-state index contributed by atoms with van der Waals surface area (Å²) in [6.07, 6.45) is 0. The Hall–Kier alpha value is -2.44. The van der Waals surface area contributed by atoms with Crippen LogP contribution >= 0.6 is 0 Å². The van der Waals surface area contributed by atoms with Gasteiger partial charge in [0.05, 0.1) is 6.54 Å². The van der Waals surface area contributed by atoms with Gasteiger partial charge in [-0.3, -0.25) is 14.4 Å². The molecule has 1 N–H and O–H groups in total. The topological polar surface area (TPSA) is 69.7 Å². The summed E-state index contributed by atoms with van der Waals surface area (Å²) >= 11 is 0. The summed E-state index contributed by atoms with van der Waals surface area (Å²) in [7, 11) is 0. The van der Waals surface area contributed by atoms with Crippen LogP contribution in [0.3, 0.4) is 0 Å². The number of benzene rings is 1. The molecule has 0 saturated carbocycles. The van der Waals surface area contributed by atoms with Crippen LogP contribution in [-0.2, 0) is 14.4 Å². The number of halogens is 1. The molecule has 1 aliphatic heterocycles. The second-order valence-electron chi connectivity index (χ2n) is 6.05. The standard InChI is InChI=1S/C17H22FN3O3/c1-12(2)16(23)17(24)19-11-15(22)21-8-6-20(7-9-21)14-5-3-4-13(18)10-14/h3-5,10,12H,6-9,11H2,1-2H3,(H,19,24). The number of carbonyl (C=O) groups excluding carboxylic acids is 3. The fourth-order valence-electron chi connectivity index (χ4n) is 2.50. The highest BCUT2D eigenvalue weighted by molar-refractivity contribution is 6.37. The van der Waals surface area contributed by atoms with Crippen LogP contribution in [0.4, 0.5) is 10.1 Å². The van der Waals surface area contributed by atoms with Gasteiger partial charge < -0.3 is 15.1 Å². The molecule has 0 spiro atoms. The fourth-order valence-corrected chi connectivity index (χ4v) is 2.50. The molecule has 1 saturated heterocycles. The number of nitrogens with one attached hydrogen (secondary N) is 1. The van der Waals surface area contributed by atoms with Gasteiger partial charge >= 0.3 is 0 Å². The molecule has 0 radical (unpaired) electrons. The molecular weight excluding hydrogens is 313 g/mol. The summed E-state index contributed by atoms with van der Waals surface area (Å²) in [5.41, 5.74) is 0.790. The molecule has 1 aromatic carbocycles. The SMILES string of the molecule is CC(C)C(=O)C(=O)NCC(=O)N1CCN(c2cccc(F)c2)CC1. The smallest absolute Gasteiger partial charge is 0.288 e. The van der Waals surface area contributed by atoms with Crippen LogP contribution in [0, 0.1) is 11.7 Å². The third kappa shape index (κ3) is 4.53. The van der Waals surface area contributed by atoms with Gasteiger partial charge in [0.15, 0.2) is 0 Å². The van der Waals surface area contributed by atoms with Crippen LogP contribution < -0.4 is 10.2 Å². The van der Waals surface area contributed by atoms with Crippen LogP contribution in [0.1, 0.15) is 13.8 Å². The zero-order valence-corrected chi connectivity index (χ0v) is 13.9. The fraction of sp³-hybridized carbons (Fsp3) is 0.471. The zero-order chi connectivity index (χ0) is 17.7. The minimum atomic E-state index is -0.725. The number of hydrogen-bond acceptors (Lipinski definition) is 4. The molecule has 0 unspecified atom stereocenters. The highest BCUT2D eigenvalue weighted by Crippen LogP contribution is 2.17. The van der Waals surface area contributed by atoms with Crippen molar-refractivity contribution in [3.8, 4) is 0 Å². The molecule has 1 aromatic rings. The van der Waals surface area contributed by atoms with Gasteiger partial charge in [0.25, 0.3) is 5.91 Å². The Morgan fingerprint density at radius 2 is 1.83 bits per heavy atom. The summed E-state index contributed by atoms with van der Waals surface area (Å²) in [6, 6.07) is 6.35. The Morgan fingerprint density at radius 1 is 1.17 bits per heavy atom. The summed E-state index contributed by atoms with van der Waals surface area (Å²) in [4.78, 5) is 38.8. The molecule has 130 valence electrons. The number of hydrogen-bond donors (Lipinski definition) is 1. The first-order valence-corrected chi connectivity index (χ1v) is 7.99. The van der Waals surface area contributed by atoms with Crippen LogP contribution in [0.2, 0.25) is 0 Å². The van der Waals surface area contributed by atoms with E-state index in [4.69, 9.17) is 0 Å². The summed E-state index contributed by atoms with van der Waals surface area (Å²) in [5, 5.41) is 2.37. The van der Waals surface area contributed by atoms with Gasteiger partial charge in [-0.1, -0.05) is 19.9 Å². The Kier molecular flexibility index (Phi) is 5.89. The number of ketones is 1. The molecule has 1 fully saturated rings. The van der Waals surface area contributed by atoms with Crippen molar-refractivity contribution in [1.29, 1.82) is 0 Å². The maximum absolute atomic E-state index is 13.3. The molecule has 24 heavy (non-hydrogen) atoms. The van der Waals surface area contributed by atoms with E-state index in [2.05, 4.69) is 5.32 Å². The Balaban J connectivity index is 1.80. The van der Waals surface area contributed by atoms with Crippen molar-refractivity contribution in [2.24, 2.45) is 5.92 Å². The van der Waals surface area contributed by atoms with Gasteiger partial charge in [-0.05, 0) is 18.2 Å². The first-order valence-electron chi connectivity index (χ1n) is 7.99. The molecule has 6 nitrogen and oxygen atoms in total. The minimum absolute atomic E-state index is 0.183. The zero-order valence-electron chi connectivity index (χ0n) is 13.9. The number of carbonyl (C=O) groups is 3. The molecular formula is C17H22FN3O3. The van der Waals surface area contributed by atoms with Crippen molar-refractivity contribution in [3.63, 3.8) is 0 Å². The molecule has 2 rings (SSSR count).